The molecule has 0 aliphatic rings. The monoisotopic (exact) mass is 215 g/mol. The van der Waals surface area contributed by atoms with Gasteiger partial charge in [0.1, 0.15) is 11.9 Å². The number of hydrogen-bond acceptors (Lipinski definition) is 3. The molecule has 0 saturated heterocycles. The first-order chi connectivity index (χ1) is 7.68. The topological polar surface area (TPSA) is 66.5 Å². The summed E-state index contributed by atoms with van der Waals surface area (Å²) in [5, 5.41) is 19.3. The minimum absolute atomic E-state index is 0.0986. The van der Waals surface area contributed by atoms with E-state index < -0.39 is 6.10 Å². The third-order valence-electron chi connectivity index (χ3n) is 2.48. The molecule has 0 spiro atoms. The normalized spacial score (nSPS) is 12.3. The predicted octanol–water partition coefficient (Wildman–Crippen LogP) is 2.06. The van der Waals surface area contributed by atoms with Crippen molar-refractivity contribution < 1.29 is 10.2 Å². The van der Waals surface area contributed by atoms with Crippen LogP contribution < -0.4 is 5.73 Å². The number of nitrogens with two attached hydrogens (primary N) is 1. The van der Waals surface area contributed by atoms with Gasteiger partial charge in [-0.3, -0.25) is 0 Å². The summed E-state index contributed by atoms with van der Waals surface area (Å²) in [7, 11) is 0. The van der Waals surface area contributed by atoms with Gasteiger partial charge in [0.15, 0.2) is 0 Å². The molecule has 16 heavy (non-hydrogen) atoms. The lowest BCUT2D eigenvalue weighted by Gasteiger charge is -2.13. The Morgan fingerprint density at radius 3 is 2.31 bits per heavy atom. The number of benzene rings is 2. The zero-order valence-corrected chi connectivity index (χ0v) is 8.67. The van der Waals surface area contributed by atoms with Crippen LogP contribution in [-0.4, -0.2) is 10.2 Å². The van der Waals surface area contributed by atoms with Gasteiger partial charge in [-0.1, -0.05) is 36.4 Å². The molecule has 0 amide bonds. The van der Waals surface area contributed by atoms with Crippen molar-refractivity contribution >= 4 is 5.69 Å². The van der Waals surface area contributed by atoms with E-state index in [2.05, 4.69) is 0 Å². The minimum atomic E-state index is -0.762. The van der Waals surface area contributed by atoms with Crippen molar-refractivity contribution in [1.82, 2.24) is 0 Å². The fourth-order valence-electron chi connectivity index (χ4n) is 1.63. The zero-order chi connectivity index (χ0) is 11.5. The average Bonchev–Trinajstić information content (AvgIpc) is 2.29. The summed E-state index contributed by atoms with van der Waals surface area (Å²) in [4.78, 5) is 0. The predicted molar refractivity (Wildman–Crippen MR) is 63.0 cm³/mol. The lowest BCUT2D eigenvalue weighted by molar-refractivity contribution is 0.221. The number of phenols is 1. The molecule has 0 fully saturated rings. The van der Waals surface area contributed by atoms with Crippen LogP contribution in [0, 0.1) is 0 Å². The Hall–Kier alpha value is -2.00. The second-order valence-electron chi connectivity index (χ2n) is 3.63. The van der Waals surface area contributed by atoms with Gasteiger partial charge in [-0.15, -0.1) is 0 Å². The van der Waals surface area contributed by atoms with E-state index in [1.807, 2.05) is 30.3 Å². The molecule has 1 unspecified atom stereocenters. The van der Waals surface area contributed by atoms with E-state index in [9.17, 15) is 10.2 Å². The molecule has 2 rings (SSSR count). The molecular weight excluding hydrogens is 202 g/mol. The number of hydrogen-bond donors (Lipinski definition) is 3. The molecule has 2 aromatic carbocycles. The van der Waals surface area contributed by atoms with Gasteiger partial charge in [-0.05, 0) is 11.6 Å². The number of anilines is 1. The largest absolute Gasteiger partial charge is 0.508 e. The molecule has 3 nitrogen and oxygen atoms in total. The van der Waals surface area contributed by atoms with Gasteiger partial charge in [0, 0.05) is 17.3 Å². The third kappa shape index (κ3) is 1.99. The van der Waals surface area contributed by atoms with E-state index in [0.29, 0.717) is 11.3 Å². The Bertz CT molecular complexity index is 483. The van der Waals surface area contributed by atoms with E-state index in [1.165, 1.54) is 12.1 Å². The van der Waals surface area contributed by atoms with Crippen LogP contribution >= 0.6 is 0 Å². The highest BCUT2D eigenvalue weighted by Crippen LogP contribution is 2.28. The molecule has 0 saturated carbocycles. The number of rotatable bonds is 2. The molecule has 4 N–H and O–H groups in total. The Morgan fingerprint density at radius 1 is 1.00 bits per heavy atom. The smallest absolute Gasteiger partial charge is 0.117 e. The third-order valence-corrected chi connectivity index (χ3v) is 2.48. The summed E-state index contributed by atoms with van der Waals surface area (Å²) in [6, 6.07) is 13.8. The van der Waals surface area contributed by atoms with Crippen molar-refractivity contribution in [2.75, 3.05) is 5.73 Å². The number of aromatic hydroxyl groups is 1. The molecule has 1 atom stereocenters. The van der Waals surface area contributed by atoms with Crippen LogP contribution in [0.15, 0.2) is 48.5 Å². The van der Waals surface area contributed by atoms with Crippen molar-refractivity contribution in [3.05, 3.63) is 59.7 Å². The lowest BCUT2D eigenvalue weighted by Crippen LogP contribution is -2.03. The van der Waals surface area contributed by atoms with Crippen LogP contribution in [0.5, 0.6) is 5.75 Å². The standard InChI is InChI=1S/C13H13NO2/c14-12-8-10(15)6-7-11(12)13(16)9-4-2-1-3-5-9/h1-8,13,15-16H,14H2. The first-order valence-corrected chi connectivity index (χ1v) is 5.00. The molecule has 0 aliphatic carbocycles. The molecular formula is C13H13NO2. The zero-order valence-electron chi connectivity index (χ0n) is 8.67. The summed E-state index contributed by atoms with van der Waals surface area (Å²) < 4.78 is 0. The van der Waals surface area contributed by atoms with Gasteiger partial charge >= 0.3 is 0 Å². The van der Waals surface area contributed by atoms with Crippen LogP contribution in [0.25, 0.3) is 0 Å². The van der Waals surface area contributed by atoms with Gasteiger partial charge in [-0.25, -0.2) is 0 Å². The van der Waals surface area contributed by atoms with Crippen LogP contribution in [0.3, 0.4) is 0 Å². The quantitative estimate of drug-likeness (QED) is 0.672. The Morgan fingerprint density at radius 2 is 1.69 bits per heavy atom. The highest BCUT2D eigenvalue weighted by molar-refractivity contribution is 5.54. The van der Waals surface area contributed by atoms with Crippen molar-refractivity contribution in [1.29, 1.82) is 0 Å². The molecule has 0 heterocycles. The van der Waals surface area contributed by atoms with Crippen molar-refractivity contribution in [2.24, 2.45) is 0 Å². The van der Waals surface area contributed by atoms with Crippen molar-refractivity contribution in [3.63, 3.8) is 0 Å². The molecule has 3 heteroatoms. The van der Waals surface area contributed by atoms with E-state index >= 15 is 0 Å². The lowest BCUT2D eigenvalue weighted by atomic mass is 10.00. The molecule has 0 radical (unpaired) electrons. The fraction of sp³-hybridized carbons (Fsp3) is 0.0769. The molecule has 82 valence electrons. The van der Waals surface area contributed by atoms with Crippen molar-refractivity contribution in [3.8, 4) is 5.75 Å². The highest BCUT2D eigenvalue weighted by Gasteiger charge is 2.12. The Kier molecular flexibility index (Phi) is 2.79. The second kappa shape index (κ2) is 4.24. The van der Waals surface area contributed by atoms with Crippen LogP contribution in [0.1, 0.15) is 17.2 Å². The van der Waals surface area contributed by atoms with Crippen LogP contribution in [0.2, 0.25) is 0 Å². The summed E-state index contributed by atoms with van der Waals surface area (Å²) in [5.74, 6) is 0.0986. The maximum atomic E-state index is 10.1. The fourth-order valence-corrected chi connectivity index (χ4v) is 1.63. The number of nitrogen functional groups attached to an aromatic ring is 1. The summed E-state index contributed by atoms with van der Waals surface area (Å²) in [6.45, 7) is 0. The van der Waals surface area contributed by atoms with Gasteiger partial charge in [0.05, 0.1) is 0 Å². The molecule has 0 bridgehead atoms. The number of phenolic OH excluding ortho intramolecular Hbond substituents is 1. The minimum Gasteiger partial charge on any atom is -0.508 e. The van der Waals surface area contributed by atoms with Gasteiger partial charge < -0.3 is 15.9 Å². The summed E-state index contributed by atoms with van der Waals surface area (Å²) in [5.41, 5.74) is 7.50. The molecule has 0 aromatic heterocycles. The first-order valence-electron chi connectivity index (χ1n) is 5.00. The summed E-state index contributed by atoms with van der Waals surface area (Å²) in [6.07, 6.45) is -0.762. The Balaban J connectivity index is 2.38. The van der Waals surface area contributed by atoms with E-state index in [-0.39, 0.29) is 5.75 Å². The molecule has 2 aromatic rings. The maximum Gasteiger partial charge on any atom is 0.117 e. The van der Waals surface area contributed by atoms with E-state index in [1.54, 1.807) is 6.07 Å². The van der Waals surface area contributed by atoms with Gasteiger partial charge in [0.25, 0.3) is 0 Å². The van der Waals surface area contributed by atoms with Crippen LogP contribution in [0.4, 0.5) is 5.69 Å². The summed E-state index contributed by atoms with van der Waals surface area (Å²) >= 11 is 0. The number of aliphatic hydroxyl groups is 1. The van der Waals surface area contributed by atoms with Crippen molar-refractivity contribution in [2.45, 2.75) is 6.10 Å². The van der Waals surface area contributed by atoms with Gasteiger partial charge in [-0.2, -0.15) is 0 Å². The SMILES string of the molecule is Nc1cc(O)ccc1C(O)c1ccccc1. The first kappa shape index (κ1) is 10.5. The second-order valence-corrected chi connectivity index (χ2v) is 3.63. The van der Waals surface area contributed by atoms with E-state index in [4.69, 9.17) is 5.73 Å². The highest BCUT2D eigenvalue weighted by atomic mass is 16.3. The molecule has 0 aliphatic heterocycles. The average molecular weight is 215 g/mol. The van der Waals surface area contributed by atoms with Gasteiger partial charge in [0.2, 0.25) is 0 Å². The number of aliphatic hydroxyl groups excluding tert-OH is 1. The van der Waals surface area contributed by atoms with E-state index in [0.717, 1.165) is 5.56 Å². The Labute approximate surface area is 93.8 Å². The van der Waals surface area contributed by atoms with Crippen LogP contribution in [-0.2, 0) is 0 Å². The maximum absolute atomic E-state index is 10.1.